The third kappa shape index (κ3) is 9.59. The lowest BCUT2D eigenvalue weighted by atomic mass is 10.0. The maximum Gasteiger partial charge on any atom is 0.309 e. The molecule has 0 rings (SSSR count). The molecular formula is C18H34O5. The third-order valence-corrected chi connectivity index (χ3v) is 3.25. The van der Waals surface area contributed by atoms with E-state index in [-0.39, 0.29) is 30.5 Å². The fourth-order valence-corrected chi connectivity index (χ4v) is 2.14. The average molecular weight is 330 g/mol. The molecule has 5 nitrogen and oxygen atoms in total. The fraction of sp³-hybridized carbons (Fsp3) is 0.889. The summed E-state index contributed by atoms with van der Waals surface area (Å²) in [6.45, 7) is 15.6. The standard InChI is InChI=1S/C18H34O5/c1-9-10-21-14(5)16(12(2)3)22-17(20)13(4)11-15(19)23-18(6,7)8/h12-14,16H,9-11H2,1-8H3/t13-,14+,16-/m1/s1. The molecule has 23 heavy (non-hydrogen) atoms. The molecule has 0 aliphatic rings. The van der Waals surface area contributed by atoms with Crippen molar-refractivity contribution < 1.29 is 23.8 Å². The summed E-state index contributed by atoms with van der Waals surface area (Å²) in [6, 6.07) is 0. The Bertz CT molecular complexity index is 370. The van der Waals surface area contributed by atoms with Crippen LogP contribution in [-0.4, -0.2) is 36.4 Å². The van der Waals surface area contributed by atoms with E-state index < -0.39 is 17.5 Å². The summed E-state index contributed by atoms with van der Waals surface area (Å²) in [6.07, 6.45) is 0.436. The molecule has 0 aliphatic heterocycles. The quantitative estimate of drug-likeness (QED) is 0.603. The van der Waals surface area contributed by atoms with Crippen molar-refractivity contribution in [2.75, 3.05) is 6.61 Å². The second-order valence-electron chi connectivity index (χ2n) is 7.41. The van der Waals surface area contributed by atoms with Gasteiger partial charge in [-0.05, 0) is 40.0 Å². The molecule has 0 aromatic rings. The van der Waals surface area contributed by atoms with Gasteiger partial charge < -0.3 is 14.2 Å². The maximum atomic E-state index is 12.3. The molecule has 0 radical (unpaired) electrons. The summed E-state index contributed by atoms with van der Waals surface area (Å²) in [5, 5.41) is 0. The minimum Gasteiger partial charge on any atom is -0.460 e. The summed E-state index contributed by atoms with van der Waals surface area (Å²) in [7, 11) is 0. The fourth-order valence-electron chi connectivity index (χ4n) is 2.14. The van der Waals surface area contributed by atoms with Crippen molar-refractivity contribution in [3.63, 3.8) is 0 Å². The van der Waals surface area contributed by atoms with Gasteiger partial charge in [-0.3, -0.25) is 9.59 Å². The molecule has 0 heterocycles. The molecule has 0 spiro atoms. The Hall–Kier alpha value is -1.10. The van der Waals surface area contributed by atoms with E-state index >= 15 is 0 Å². The molecule has 0 aromatic carbocycles. The highest BCUT2D eigenvalue weighted by molar-refractivity contribution is 5.79. The summed E-state index contributed by atoms with van der Waals surface area (Å²) < 4.78 is 16.5. The van der Waals surface area contributed by atoms with Gasteiger partial charge in [0.05, 0.1) is 18.4 Å². The van der Waals surface area contributed by atoms with Crippen LogP contribution in [0.25, 0.3) is 0 Å². The van der Waals surface area contributed by atoms with Gasteiger partial charge in [0, 0.05) is 6.61 Å². The lowest BCUT2D eigenvalue weighted by Crippen LogP contribution is -2.37. The van der Waals surface area contributed by atoms with Gasteiger partial charge in [-0.15, -0.1) is 0 Å². The van der Waals surface area contributed by atoms with Crippen molar-refractivity contribution in [2.45, 2.75) is 86.0 Å². The number of esters is 2. The number of rotatable bonds is 9. The number of hydrogen-bond donors (Lipinski definition) is 0. The monoisotopic (exact) mass is 330 g/mol. The number of ether oxygens (including phenoxy) is 3. The Kier molecular flexibility index (Phi) is 9.44. The van der Waals surface area contributed by atoms with Crippen molar-refractivity contribution in [3.05, 3.63) is 0 Å². The second-order valence-corrected chi connectivity index (χ2v) is 7.41. The molecule has 0 amide bonds. The Morgan fingerprint density at radius 3 is 2.04 bits per heavy atom. The van der Waals surface area contributed by atoms with Crippen molar-refractivity contribution in [1.82, 2.24) is 0 Å². The van der Waals surface area contributed by atoms with Gasteiger partial charge in [-0.25, -0.2) is 0 Å². The molecule has 0 N–H and O–H groups in total. The van der Waals surface area contributed by atoms with Crippen LogP contribution >= 0.6 is 0 Å². The molecule has 0 saturated heterocycles. The number of carbonyl (C=O) groups is 2. The van der Waals surface area contributed by atoms with Crippen LogP contribution in [-0.2, 0) is 23.8 Å². The van der Waals surface area contributed by atoms with Gasteiger partial charge >= 0.3 is 11.9 Å². The van der Waals surface area contributed by atoms with E-state index in [2.05, 4.69) is 0 Å². The van der Waals surface area contributed by atoms with E-state index in [1.165, 1.54) is 0 Å². The lowest BCUT2D eigenvalue weighted by Gasteiger charge is -2.28. The van der Waals surface area contributed by atoms with Gasteiger partial charge in [-0.1, -0.05) is 27.7 Å². The van der Waals surface area contributed by atoms with E-state index in [0.717, 1.165) is 6.42 Å². The first-order valence-electron chi connectivity index (χ1n) is 8.51. The first-order chi connectivity index (χ1) is 10.5. The molecule has 0 aliphatic carbocycles. The molecule has 0 unspecified atom stereocenters. The first-order valence-corrected chi connectivity index (χ1v) is 8.51. The Morgan fingerprint density at radius 2 is 1.61 bits per heavy atom. The molecule has 0 fully saturated rings. The van der Waals surface area contributed by atoms with Crippen LogP contribution < -0.4 is 0 Å². The zero-order valence-corrected chi connectivity index (χ0v) is 16.0. The maximum absolute atomic E-state index is 12.3. The summed E-state index contributed by atoms with van der Waals surface area (Å²) in [5.74, 6) is -1.18. The number of hydrogen-bond acceptors (Lipinski definition) is 5. The predicted molar refractivity (Wildman–Crippen MR) is 90.0 cm³/mol. The van der Waals surface area contributed by atoms with Gasteiger partial charge in [0.2, 0.25) is 0 Å². The van der Waals surface area contributed by atoms with Gasteiger partial charge in [0.15, 0.2) is 0 Å². The lowest BCUT2D eigenvalue weighted by molar-refractivity contribution is -0.170. The number of carbonyl (C=O) groups excluding carboxylic acids is 2. The van der Waals surface area contributed by atoms with E-state index in [1.54, 1.807) is 27.7 Å². The van der Waals surface area contributed by atoms with Crippen molar-refractivity contribution >= 4 is 11.9 Å². The highest BCUT2D eigenvalue weighted by Crippen LogP contribution is 2.18. The van der Waals surface area contributed by atoms with E-state index in [0.29, 0.717) is 6.61 Å². The van der Waals surface area contributed by atoms with Crippen molar-refractivity contribution in [1.29, 1.82) is 0 Å². The minimum atomic E-state index is -0.552. The molecule has 5 heteroatoms. The van der Waals surface area contributed by atoms with Crippen LogP contribution in [0.5, 0.6) is 0 Å². The second kappa shape index (κ2) is 9.91. The molecule has 0 bridgehead atoms. The smallest absolute Gasteiger partial charge is 0.309 e. The van der Waals surface area contributed by atoms with Crippen LogP contribution in [0.2, 0.25) is 0 Å². The van der Waals surface area contributed by atoms with Crippen LogP contribution in [0.1, 0.15) is 68.2 Å². The van der Waals surface area contributed by atoms with Gasteiger partial charge in [0.1, 0.15) is 11.7 Å². The van der Waals surface area contributed by atoms with Gasteiger partial charge in [0.25, 0.3) is 0 Å². The van der Waals surface area contributed by atoms with Crippen molar-refractivity contribution in [2.24, 2.45) is 11.8 Å². The van der Waals surface area contributed by atoms with E-state index in [4.69, 9.17) is 14.2 Å². The highest BCUT2D eigenvalue weighted by Gasteiger charge is 2.29. The summed E-state index contributed by atoms with van der Waals surface area (Å²) in [4.78, 5) is 24.1. The van der Waals surface area contributed by atoms with Crippen molar-refractivity contribution in [3.8, 4) is 0 Å². The Morgan fingerprint density at radius 1 is 1.04 bits per heavy atom. The van der Waals surface area contributed by atoms with E-state index in [1.807, 2.05) is 27.7 Å². The topological polar surface area (TPSA) is 61.8 Å². The van der Waals surface area contributed by atoms with Crippen LogP contribution in [0.4, 0.5) is 0 Å². The van der Waals surface area contributed by atoms with Crippen LogP contribution in [0.15, 0.2) is 0 Å². The normalized spacial score (nSPS) is 15.9. The average Bonchev–Trinajstić information content (AvgIpc) is 2.38. The largest absolute Gasteiger partial charge is 0.460 e. The Labute approximate surface area is 141 Å². The SMILES string of the molecule is CCCO[C@@H](C)[C@H](OC(=O)[C@H](C)CC(=O)OC(C)(C)C)C(C)C. The van der Waals surface area contributed by atoms with Crippen LogP contribution in [0, 0.1) is 11.8 Å². The zero-order valence-electron chi connectivity index (χ0n) is 16.0. The zero-order chi connectivity index (χ0) is 18.2. The summed E-state index contributed by atoms with van der Waals surface area (Å²) in [5.41, 5.74) is -0.552. The molecular weight excluding hydrogens is 296 g/mol. The summed E-state index contributed by atoms with van der Waals surface area (Å²) >= 11 is 0. The molecule has 0 saturated carbocycles. The third-order valence-electron chi connectivity index (χ3n) is 3.25. The highest BCUT2D eigenvalue weighted by atomic mass is 16.6. The molecule has 136 valence electrons. The van der Waals surface area contributed by atoms with Crippen LogP contribution in [0.3, 0.4) is 0 Å². The predicted octanol–water partition coefficient (Wildman–Crippen LogP) is 3.74. The van der Waals surface area contributed by atoms with Gasteiger partial charge in [-0.2, -0.15) is 0 Å². The Balaban J connectivity index is 4.58. The molecule has 0 aromatic heterocycles. The van der Waals surface area contributed by atoms with E-state index in [9.17, 15) is 9.59 Å². The first kappa shape index (κ1) is 21.9. The molecule has 3 atom stereocenters. The minimum absolute atomic E-state index is 0.0190.